The second-order valence-corrected chi connectivity index (χ2v) is 6.91. The Hall–Kier alpha value is -2.18. The molecule has 1 N–H and O–H groups in total. The van der Waals surface area contributed by atoms with Crippen LogP contribution in [0.2, 0.25) is 10.0 Å². The van der Waals surface area contributed by atoms with Gasteiger partial charge in [0.1, 0.15) is 0 Å². The molecule has 1 aliphatic rings. The maximum Gasteiger partial charge on any atom is 0.229 e. The maximum absolute atomic E-state index is 12.5. The number of hydrogen-bond acceptors (Lipinski definition) is 4. The van der Waals surface area contributed by atoms with Crippen LogP contribution in [0.4, 0.5) is 5.95 Å². The van der Waals surface area contributed by atoms with Crippen LogP contribution in [-0.2, 0) is 16.0 Å². The van der Waals surface area contributed by atoms with Crippen molar-refractivity contribution in [3.63, 3.8) is 0 Å². The third-order valence-corrected chi connectivity index (χ3v) is 5.12. The molecule has 2 aromatic rings. The van der Waals surface area contributed by atoms with Crippen LogP contribution in [-0.4, -0.2) is 39.8 Å². The van der Waals surface area contributed by atoms with Crippen LogP contribution in [0.15, 0.2) is 36.7 Å². The van der Waals surface area contributed by atoms with E-state index in [0.29, 0.717) is 47.5 Å². The van der Waals surface area contributed by atoms with E-state index in [1.54, 1.807) is 41.6 Å². The minimum absolute atomic E-state index is 0.0368. The summed E-state index contributed by atoms with van der Waals surface area (Å²) in [5.41, 5.74) is 0.641. The van der Waals surface area contributed by atoms with Crippen LogP contribution < -0.4 is 5.32 Å². The van der Waals surface area contributed by atoms with Gasteiger partial charge >= 0.3 is 0 Å². The van der Waals surface area contributed by atoms with Gasteiger partial charge in [0.25, 0.3) is 0 Å². The average molecular weight is 393 g/mol. The van der Waals surface area contributed by atoms with Crippen molar-refractivity contribution in [1.29, 1.82) is 0 Å². The molecular formula is C18H18Cl2N4O2. The zero-order chi connectivity index (χ0) is 18.5. The van der Waals surface area contributed by atoms with Gasteiger partial charge in [-0.2, -0.15) is 0 Å². The molecular weight excluding hydrogens is 375 g/mol. The Balaban J connectivity index is 1.53. The molecule has 1 aromatic carbocycles. The molecule has 26 heavy (non-hydrogen) atoms. The highest BCUT2D eigenvalue weighted by Gasteiger charge is 2.28. The fourth-order valence-electron chi connectivity index (χ4n) is 2.93. The van der Waals surface area contributed by atoms with Gasteiger partial charge in [-0.05, 0) is 36.6 Å². The number of halogens is 2. The molecule has 2 amide bonds. The lowest BCUT2D eigenvalue weighted by Gasteiger charge is -2.31. The zero-order valence-electron chi connectivity index (χ0n) is 14.0. The number of amides is 2. The molecule has 0 saturated carbocycles. The Morgan fingerprint density at radius 1 is 1.08 bits per heavy atom. The SMILES string of the molecule is O=C(Nc1ncccn1)C1CCN(C(=O)Cc2c(Cl)cccc2Cl)CC1. The lowest BCUT2D eigenvalue weighted by molar-refractivity contribution is -0.133. The van der Waals surface area contributed by atoms with Crippen molar-refractivity contribution >= 4 is 41.0 Å². The standard InChI is InChI=1S/C18H18Cl2N4O2/c19-14-3-1-4-15(20)13(14)11-16(25)24-9-5-12(6-10-24)17(26)23-18-21-7-2-8-22-18/h1-4,7-8,12H,5-6,9-11H2,(H,21,22,23,26). The fraction of sp³-hybridized carbons (Fsp3) is 0.333. The van der Waals surface area contributed by atoms with E-state index in [4.69, 9.17) is 23.2 Å². The van der Waals surface area contributed by atoms with E-state index in [1.807, 2.05) is 0 Å². The summed E-state index contributed by atoms with van der Waals surface area (Å²) >= 11 is 12.3. The molecule has 8 heteroatoms. The number of piperidine rings is 1. The maximum atomic E-state index is 12.5. The van der Waals surface area contributed by atoms with Gasteiger partial charge in [0.15, 0.2) is 0 Å². The first-order valence-electron chi connectivity index (χ1n) is 8.33. The smallest absolute Gasteiger partial charge is 0.229 e. The molecule has 1 aliphatic heterocycles. The largest absolute Gasteiger partial charge is 0.342 e. The lowest BCUT2D eigenvalue weighted by Crippen LogP contribution is -2.42. The quantitative estimate of drug-likeness (QED) is 0.866. The Bertz CT molecular complexity index is 773. The first-order chi connectivity index (χ1) is 12.5. The predicted molar refractivity (Wildman–Crippen MR) is 100 cm³/mol. The molecule has 0 spiro atoms. The fourth-order valence-corrected chi connectivity index (χ4v) is 3.46. The molecule has 0 atom stereocenters. The van der Waals surface area contributed by atoms with E-state index < -0.39 is 0 Å². The van der Waals surface area contributed by atoms with Crippen LogP contribution in [0.5, 0.6) is 0 Å². The summed E-state index contributed by atoms with van der Waals surface area (Å²) in [6.45, 7) is 1.04. The van der Waals surface area contributed by atoms with Crippen LogP contribution in [0.1, 0.15) is 18.4 Å². The Morgan fingerprint density at radius 2 is 1.69 bits per heavy atom. The van der Waals surface area contributed by atoms with Gasteiger partial charge in [-0.15, -0.1) is 0 Å². The lowest BCUT2D eigenvalue weighted by atomic mass is 9.95. The van der Waals surface area contributed by atoms with Crippen molar-refractivity contribution in [1.82, 2.24) is 14.9 Å². The molecule has 1 aromatic heterocycles. The number of aromatic nitrogens is 2. The van der Waals surface area contributed by atoms with Crippen LogP contribution >= 0.6 is 23.2 Å². The summed E-state index contributed by atoms with van der Waals surface area (Å²) in [5.74, 6) is -0.0150. The molecule has 1 saturated heterocycles. The Morgan fingerprint density at radius 3 is 2.31 bits per heavy atom. The van der Waals surface area contributed by atoms with E-state index in [9.17, 15) is 9.59 Å². The normalized spacial score (nSPS) is 14.9. The number of anilines is 1. The molecule has 3 rings (SSSR count). The van der Waals surface area contributed by atoms with Crippen molar-refractivity contribution in [3.05, 3.63) is 52.3 Å². The van der Waals surface area contributed by atoms with Gasteiger partial charge in [0.2, 0.25) is 17.8 Å². The molecule has 136 valence electrons. The minimum atomic E-state index is -0.160. The summed E-state index contributed by atoms with van der Waals surface area (Å²) in [6, 6.07) is 6.88. The van der Waals surface area contributed by atoms with E-state index in [2.05, 4.69) is 15.3 Å². The first-order valence-corrected chi connectivity index (χ1v) is 9.08. The van der Waals surface area contributed by atoms with E-state index in [-0.39, 0.29) is 24.2 Å². The highest BCUT2D eigenvalue weighted by atomic mass is 35.5. The summed E-state index contributed by atoms with van der Waals surface area (Å²) in [4.78, 5) is 34.5. The molecule has 0 unspecified atom stereocenters. The summed E-state index contributed by atoms with van der Waals surface area (Å²) in [5, 5.41) is 3.69. The second kappa shape index (κ2) is 8.47. The van der Waals surface area contributed by atoms with Crippen molar-refractivity contribution in [3.8, 4) is 0 Å². The first kappa shape index (κ1) is 18.6. The summed E-state index contributed by atoms with van der Waals surface area (Å²) in [7, 11) is 0. The van der Waals surface area contributed by atoms with Gasteiger partial charge in [-0.3, -0.25) is 14.9 Å². The number of nitrogens with one attached hydrogen (secondary N) is 1. The Labute approximate surface area is 161 Å². The molecule has 0 radical (unpaired) electrons. The zero-order valence-corrected chi connectivity index (χ0v) is 15.5. The van der Waals surface area contributed by atoms with Crippen LogP contribution in [0.3, 0.4) is 0 Å². The highest BCUT2D eigenvalue weighted by molar-refractivity contribution is 6.36. The average Bonchev–Trinajstić information content (AvgIpc) is 2.65. The molecule has 0 bridgehead atoms. The summed E-state index contributed by atoms with van der Waals surface area (Å²) < 4.78 is 0. The highest BCUT2D eigenvalue weighted by Crippen LogP contribution is 2.26. The second-order valence-electron chi connectivity index (χ2n) is 6.09. The number of carbonyl (C=O) groups excluding carboxylic acids is 2. The molecule has 2 heterocycles. The number of nitrogens with zero attached hydrogens (tertiary/aromatic N) is 3. The monoisotopic (exact) mass is 392 g/mol. The van der Waals surface area contributed by atoms with Crippen LogP contribution in [0, 0.1) is 5.92 Å². The number of rotatable bonds is 4. The van der Waals surface area contributed by atoms with Gasteiger partial charge in [0, 0.05) is 41.4 Å². The van der Waals surface area contributed by atoms with E-state index in [0.717, 1.165) is 0 Å². The van der Waals surface area contributed by atoms with Gasteiger partial charge in [-0.1, -0.05) is 29.3 Å². The van der Waals surface area contributed by atoms with Gasteiger partial charge in [-0.25, -0.2) is 9.97 Å². The molecule has 0 aliphatic carbocycles. The van der Waals surface area contributed by atoms with Crippen LogP contribution in [0.25, 0.3) is 0 Å². The number of hydrogen-bond donors (Lipinski definition) is 1. The topological polar surface area (TPSA) is 75.2 Å². The van der Waals surface area contributed by atoms with E-state index >= 15 is 0 Å². The molecule has 1 fully saturated rings. The predicted octanol–water partition coefficient (Wildman–Crippen LogP) is 3.20. The van der Waals surface area contributed by atoms with Crippen molar-refractivity contribution in [2.24, 2.45) is 5.92 Å². The van der Waals surface area contributed by atoms with Crippen molar-refractivity contribution in [2.45, 2.75) is 19.3 Å². The van der Waals surface area contributed by atoms with E-state index in [1.165, 1.54) is 0 Å². The summed E-state index contributed by atoms with van der Waals surface area (Å²) in [6.07, 6.45) is 4.50. The third kappa shape index (κ3) is 4.51. The Kier molecular flexibility index (Phi) is 6.06. The number of benzene rings is 1. The van der Waals surface area contributed by atoms with Gasteiger partial charge in [0.05, 0.1) is 6.42 Å². The minimum Gasteiger partial charge on any atom is -0.342 e. The number of carbonyl (C=O) groups is 2. The number of likely N-dealkylation sites (tertiary alicyclic amines) is 1. The van der Waals surface area contributed by atoms with Crippen molar-refractivity contribution < 1.29 is 9.59 Å². The van der Waals surface area contributed by atoms with Gasteiger partial charge < -0.3 is 4.90 Å². The molecule has 6 nitrogen and oxygen atoms in total. The third-order valence-electron chi connectivity index (χ3n) is 4.41. The van der Waals surface area contributed by atoms with Crippen molar-refractivity contribution in [2.75, 3.05) is 18.4 Å².